The second-order valence-electron chi connectivity index (χ2n) is 5.41. The van der Waals surface area contributed by atoms with E-state index in [0.717, 1.165) is 31.6 Å². The third-order valence-corrected chi connectivity index (χ3v) is 5.54. The maximum Gasteiger partial charge on any atom is 0.242 e. The Morgan fingerprint density at radius 2 is 1.70 bits per heavy atom. The largest absolute Gasteiger partial charge is 0.397 e. The molecule has 0 aromatic heterocycles. The zero-order chi connectivity index (χ0) is 14.8. The predicted octanol–water partition coefficient (Wildman–Crippen LogP) is 1.90. The SMILES string of the molecule is CN(C)S(=O)(=O)c1ccc(N)c(N2CCCCCC2)c1. The molecular weight excluding hydrogens is 274 g/mol. The normalized spacial score (nSPS) is 17.2. The van der Waals surface area contributed by atoms with Crippen LogP contribution in [0.15, 0.2) is 23.1 Å². The van der Waals surface area contributed by atoms with Crippen LogP contribution in [0.4, 0.5) is 11.4 Å². The summed E-state index contributed by atoms with van der Waals surface area (Å²) in [6.07, 6.45) is 4.71. The standard InChI is InChI=1S/C14H23N3O2S/c1-16(2)20(18,19)12-7-8-13(15)14(11-12)17-9-5-3-4-6-10-17/h7-8,11H,3-6,9-10,15H2,1-2H3. The van der Waals surface area contributed by atoms with Gasteiger partial charge in [-0.2, -0.15) is 0 Å². The van der Waals surface area contributed by atoms with E-state index in [1.54, 1.807) is 18.2 Å². The zero-order valence-corrected chi connectivity index (χ0v) is 13.0. The highest BCUT2D eigenvalue weighted by Crippen LogP contribution is 2.29. The van der Waals surface area contributed by atoms with Gasteiger partial charge in [-0.05, 0) is 31.0 Å². The molecule has 0 bridgehead atoms. The summed E-state index contributed by atoms with van der Waals surface area (Å²) >= 11 is 0. The number of hydrogen-bond acceptors (Lipinski definition) is 4. The van der Waals surface area contributed by atoms with Gasteiger partial charge in [0, 0.05) is 27.2 Å². The number of nitrogens with two attached hydrogens (primary N) is 1. The number of sulfonamides is 1. The molecule has 6 heteroatoms. The van der Waals surface area contributed by atoms with Crippen molar-refractivity contribution in [2.75, 3.05) is 37.8 Å². The van der Waals surface area contributed by atoms with Crippen LogP contribution in [0.5, 0.6) is 0 Å². The van der Waals surface area contributed by atoms with E-state index in [0.29, 0.717) is 10.6 Å². The quantitative estimate of drug-likeness (QED) is 0.865. The molecule has 5 nitrogen and oxygen atoms in total. The molecule has 1 aromatic rings. The molecule has 112 valence electrons. The van der Waals surface area contributed by atoms with Crippen LogP contribution in [0.3, 0.4) is 0 Å². The molecule has 0 amide bonds. The smallest absolute Gasteiger partial charge is 0.242 e. The molecule has 0 unspecified atom stereocenters. The fourth-order valence-corrected chi connectivity index (χ4v) is 3.40. The van der Waals surface area contributed by atoms with Crippen molar-refractivity contribution in [2.45, 2.75) is 30.6 Å². The number of hydrogen-bond donors (Lipinski definition) is 1. The van der Waals surface area contributed by atoms with Crippen molar-refractivity contribution in [3.63, 3.8) is 0 Å². The molecule has 1 saturated heterocycles. The Morgan fingerprint density at radius 3 is 2.25 bits per heavy atom. The fraction of sp³-hybridized carbons (Fsp3) is 0.571. The maximum absolute atomic E-state index is 12.2. The zero-order valence-electron chi connectivity index (χ0n) is 12.2. The van der Waals surface area contributed by atoms with Crippen LogP contribution in [0.25, 0.3) is 0 Å². The molecule has 1 fully saturated rings. The van der Waals surface area contributed by atoms with Crippen LogP contribution in [0, 0.1) is 0 Å². The van der Waals surface area contributed by atoms with Gasteiger partial charge in [-0.25, -0.2) is 12.7 Å². The third-order valence-electron chi connectivity index (χ3n) is 3.73. The molecule has 2 rings (SSSR count). The van der Waals surface area contributed by atoms with Gasteiger partial charge in [0.1, 0.15) is 0 Å². The lowest BCUT2D eigenvalue weighted by atomic mass is 10.2. The molecule has 1 heterocycles. The average Bonchev–Trinajstić information content (AvgIpc) is 2.67. The fourth-order valence-electron chi connectivity index (χ4n) is 2.48. The lowest BCUT2D eigenvalue weighted by Gasteiger charge is -2.25. The monoisotopic (exact) mass is 297 g/mol. The Kier molecular flexibility index (Phi) is 4.55. The molecule has 0 spiro atoms. The third kappa shape index (κ3) is 3.07. The van der Waals surface area contributed by atoms with Crippen LogP contribution in [0.2, 0.25) is 0 Å². The van der Waals surface area contributed by atoms with Crippen molar-refractivity contribution < 1.29 is 8.42 Å². The Labute approximate surface area is 121 Å². The van der Waals surface area contributed by atoms with Gasteiger partial charge in [0.2, 0.25) is 10.0 Å². The maximum atomic E-state index is 12.2. The van der Waals surface area contributed by atoms with Gasteiger partial charge in [-0.15, -0.1) is 0 Å². The Balaban J connectivity index is 2.38. The van der Waals surface area contributed by atoms with E-state index in [-0.39, 0.29) is 0 Å². The number of nitrogens with zero attached hydrogens (tertiary/aromatic N) is 2. The van der Waals surface area contributed by atoms with Crippen molar-refractivity contribution in [1.82, 2.24) is 4.31 Å². The van der Waals surface area contributed by atoms with Gasteiger partial charge >= 0.3 is 0 Å². The van der Waals surface area contributed by atoms with Crippen molar-refractivity contribution in [1.29, 1.82) is 0 Å². The van der Waals surface area contributed by atoms with E-state index in [1.165, 1.54) is 31.2 Å². The molecule has 1 aliphatic heterocycles. The minimum absolute atomic E-state index is 0.302. The van der Waals surface area contributed by atoms with E-state index >= 15 is 0 Å². The summed E-state index contributed by atoms with van der Waals surface area (Å²) in [6.45, 7) is 1.88. The topological polar surface area (TPSA) is 66.6 Å². The summed E-state index contributed by atoms with van der Waals surface area (Å²) in [5.74, 6) is 0. The molecule has 0 atom stereocenters. The molecule has 0 radical (unpaired) electrons. The first kappa shape index (κ1) is 15.1. The molecule has 20 heavy (non-hydrogen) atoms. The molecule has 0 saturated carbocycles. The number of rotatable bonds is 3. The molecular formula is C14H23N3O2S. The number of anilines is 2. The van der Waals surface area contributed by atoms with Crippen molar-refractivity contribution >= 4 is 21.4 Å². The number of benzene rings is 1. The Hall–Kier alpha value is -1.27. The van der Waals surface area contributed by atoms with E-state index in [9.17, 15) is 8.42 Å². The van der Waals surface area contributed by atoms with Gasteiger partial charge in [0.05, 0.1) is 16.3 Å². The van der Waals surface area contributed by atoms with E-state index in [2.05, 4.69) is 4.90 Å². The molecule has 1 aliphatic rings. The summed E-state index contributed by atoms with van der Waals surface area (Å²) in [5.41, 5.74) is 7.53. The van der Waals surface area contributed by atoms with Gasteiger partial charge in [0.15, 0.2) is 0 Å². The van der Waals surface area contributed by atoms with Gasteiger partial charge in [0.25, 0.3) is 0 Å². The molecule has 1 aromatic carbocycles. The highest BCUT2D eigenvalue weighted by molar-refractivity contribution is 7.89. The Bertz CT molecular complexity index is 562. The van der Waals surface area contributed by atoms with Crippen molar-refractivity contribution in [3.8, 4) is 0 Å². The van der Waals surface area contributed by atoms with Crippen molar-refractivity contribution in [2.24, 2.45) is 0 Å². The summed E-state index contributed by atoms with van der Waals surface area (Å²) < 4.78 is 25.7. The summed E-state index contributed by atoms with van der Waals surface area (Å²) in [4.78, 5) is 2.51. The van der Waals surface area contributed by atoms with Crippen LogP contribution in [-0.2, 0) is 10.0 Å². The van der Waals surface area contributed by atoms with Gasteiger partial charge in [-0.3, -0.25) is 0 Å². The van der Waals surface area contributed by atoms with Crippen LogP contribution in [-0.4, -0.2) is 39.9 Å². The first-order valence-electron chi connectivity index (χ1n) is 7.00. The van der Waals surface area contributed by atoms with E-state index < -0.39 is 10.0 Å². The average molecular weight is 297 g/mol. The minimum atomic E-state index is -3.41. The number of nitrogen functional groups attached to an aromatic ring is 1. The first-order valence-corrected chi connectivity index (χ1v) is 8.44. The van der Waals surface area contributed by atoms with Gasteiger partial charge in [-0.1, -0.05) is 12.8 Å². The second kappa shape index (κ2) is 6.01. The first-order chi connectivity index (χ1) is 9.43. The lowest BCUT2D eigenvalue weighted by Crippen LogP contribution is -2.26. The Morgan fingerprint density at radius 1 is 1.10 bits per heavy atom. The van der Waals surface area contributed by atoms with Crippen molar-refractivity contribution in [3.05, 3.63) is 18.2 Å². The van der Waals surface area contributed by atoms with E-state index in [4.69, 9.17) is 5.73 Å². The molecule has 0 aliphatic carbocycles. The van der Waals surface area contributed by atoms with Gasteiger partial charge < -0.3 is 10.6 Å². The second-order valence-corrected chi connectivity index (χ2v) is 7.56. The van der Waals surface area contributed by atoms with Crippen LogP contribution < -0.4 is 10.6 Å². The highest BCUT2D eigenvalue weighted by Gasteiger charge is 2.20. The summed E-state index contributed by atoms with van der Waals surface area (Å²) in [5, 5.41) is 0. The molecule has 2 N–H and O–H groups in total. The summed E-state index contributed by atoms with van der Waals surface area (Å²) in [7, 11) is -0.335. The van der Waals surface area contributed by atoms with Crippen LogP contribution in [0.1, 0.15) is 25.7 Å². The lowest BCUT2D eigenvalue weighted by molar-refractivity contribution is 0.520. The van der Waals surface area contributed by atoms with E-state index in [1.807, 2.05) is 0 Å². The van der Waals surface area contributed by atoms with Crippen LogP contribution >= 0.6 is 0 Å². The highest BCUT2D eigenvalue weighted by atomic mass is 32.2. The minimum Gasteiger partial charge on any atom is -0.397 e. The summed E-state index contributed by atoms with van der Waals surface area (Å²) in [6, 6.07) is 4.97. The predicted molar refractivity (Wildman–Crippen MR) is 82.4 cm³/mol.